The molecule has 18 heteroatoms. The number of fused-ring (bicyclic) bond motifs is 1. The highest BCUT2D eigenvalue weighted by molar-refractivity contribution is 7.22. The highest BCUT2D eigenvalue weighted by Crippen LogP contribution is 2.47. The number of nitrogens with zero attached hydrogens (tertiary/aromatic N) is 3. The highest BCUT2D eigenvalue weighted by atomic mass is 32.1. The number of aryl methyl sites for hydroxylation is 1. The second-order valence-electron chi connectivity index (χ2n) is 18.7. The van der Waals surface area contributed by atoms with Gasteiger partial charge in [-0.15, -0.1) is 22.7 Å². The summed E-state index contributed by atoms with van der Waals surface area (Å²) in [7, 11) is 0. The Morgan fingerprint density at radius 3 is 2.21 bits per heavy atom. The minimum atomic E-state index is -1.01. The van der Waals surface area contributed by atoms with Gasteiger partial charge in [0.15, 0.2) is 5.75 Å². The van der Waals surface area contributed by atoms with Crippen molar-refractivity contribution in [2.24, 2.45) is 10.5 Å². The Hall–Kier alpha value is -7.64. The van der Waals surface area contributed by atoms with Crippen molar-refractivity contribution in [1.82, 2.24) is 25.9 Å². The lowest BCUT2D eigenvalue weighted by Crippen LogP contribution is -2.58. The number of phenolic OH excluding ortho intramolecular Hbond substituents is 2. The number of aliphatic hydroxyl groups excluding tert-OH is 1. The number of β-amino-alcohol motifs (C(OH)–C–C–N with tert-alkyl or cyclic N) is 1. The molecule has 6 N–H and O–H groups in total. The number of thiophene rings is 1. The number of nitrogens with one attached hydrogen (secondary N) is 3. The van der Waals surface area contributed by atoms with Crippen LogP contribution in [0.15, 0.2) is 126 Å². The van der Waals surface area contributed by atoms with Crippen LogP contribution in [0.3, 0.4) is 0 Å². The number of aliphatic hydroxyl groups is 1. The molecule has 8 rings (SSSR count). The van der Waals surface area contributed by atoms with Crippen molar-refractivity contribution in [2.45, 2.75) is 65.3 Å². The van der Waals surface area contributed by atoms with Gasteiger partial charge < -0.3 is 45.1 Å². The fraction of sp³-hybridized carbons (Fsp3) is 0.273. The molecule has 4 atom stereocenters. The number of carbonyl (C=O) groups is 4. The monoisotopic (exact) mass is 1020 g/mol. The van der Waals surface area contributed by atoms with Crippen LogP contribution in [0.1, 0.15) is 67.3 Å². The van der Waals surface area contributed by atoms with Crippen molar-refractivity contribution < 1.29 is 48.7 Å². The Bertz CT molecular complexity index is 3100. The molecule has 4 amide bonds. The molecule has 3 heterocycles. The lowest BCUT2D eigenvalue weighted by Gasteiger charge is -2.35. The predicted octanol–water partition coefficient (Wildman–Crippen LogP) is 8.73. The standard InChI is InChI=1S/C55H56N6O10S2/c1-32(35-8-10-36(11-9-35)49-33(2)56-31-72-49)58-53(67)45-26-41(64)29-61(45)54(68)51(55(3,4)5)59-47(65)30-69-24-25-70-42-19-6-34(7-20-42)28-57-60-52(66)38-14-21-43(22-15-38)71-48-44-23-18-40(63)27-46(44)73-50(48)37-12-16-39(62)17-13-37/h6-23,27-28,31-32,41,45,51,62-64H,24-26,29-30H2,1-5H3,(H,58,67)(H,59,65)(H,60,66)/b57-28+/t32-,41+,45-,51+/m0/s1. The van der Waals surface area contributed by atoms with Crippen molar-refractivity contribution in [1.29, 1.82) is 0 Å². The first-order chi connectivity index (χ1) is 35.0. The number of likely N-dealkylation sites (tertiary alicyclic amines) is 1. The summed E-state index contributed by atoms with van der Waals surface area (Å²) in [5.74, 6) is 0.0991. The Morgan fingerprint density at radius 2 is 1.52 bits per heavy atom. The van der Waals surface area contributed by atoms with Crippen LogP contribution in [-0.4, -0.2) is 99.6 Å². The van der Waals surface area contributed by atoms with Crippen LogP contribution >= 0.6 is 22.7 Å². The molecule has 0 unspecified atom stereocenters. The van der Waals surface area contributed by atoms with E-state index in [4.69, 9.17) is 14.2 Å². The molecule has 1 saturated heterocycles. The van der Waals surface area contributed by atoms with E-state index in [0.717, 1.165) is 42.2 Å². The van der Waals surface area contributed by atoms with E-state index in [2.05, 4.69) is 26.1 Å². The molecule has 0 aliphatic carbocycles. The lowest BCUT2D eigenvalue weighted by molar-refractivity contribution is -0.144. The number of aromatic hydroxyl groups is 2. The first-order valence-electron chi connectivity index (χ1n) is 23.6. The largest absolute Gasteiger partial charge is 0.508 e. The van der Waals surface area contributed by atoms with Crippen LogP contribution in [-0.2, 0) is 19.1 Å². The summed E-state index contributed by atoms with van der Waals surface area (Å²) in [5, 5.41) is 41.2. The maximum atomic E-state index is 14.1. The van der Waals surface area contributed by atoms with E-state index < -0.39 is 47.2 Å². The Labute approximate surface area is 430 Å². The van der Waals surface area contributed by atoms with Crippen LogP contribution in [0, 0.1) is 12.3 Å². The van der Waals surface area contributed by atoms with E-state index in [0.29, 0.717) is 28.4 Å². The third-order valence-corrected chi connectivity index (χ3v) is 14.3. The quantitative estimate of drug-likeness (QED) is 0.0271. The number of phenols is 2. The van der Waals surface area contributed by atoms with Crippen LogP contribution in [0.25, 0.3) is 31.0 Å². The van der Waals surface area contributed by atoms with Crippen molar-refractivity contribution >= 4 is 62.6 Å². The number of thiazole rings is 1. The van der Waals surface area contributed by atoms with Gasteiger partial charge in [-0.1, -0.05) is 45.0 Å². The molecule has 0 radical (unpaired) electrons. The van der Waals surface area contributed by atoms with Gasteiger partial charge in [0.05, 0.1) is 45.9 Å². The SMILES string of the molecule is Cc1ncsc1-c1ccc([C@H](C)NC(=O)[C@@H]2C[C@@H](O)CN2C(=O)[C@@H](NC(=O)COCCOc2ccc(/C=N/NC(=O)c3ccc(Oc4c(-c5ccc(O)cc5)sc5cc(O)ccc45)cc3)cc2)C(C)(C)C)cc1. The number of carbonyl (C=O) groups excluding carboxylic acids is 4. The van der Waals surface area contributed by atoms with Crippen molar-refractivity contribution in [3.8, 4) is 49.6 Å². The zero-order valence-electron chi connectivity index (χ0n) is 40.8. The summed E-state index contributed by atoms with van der Waals surface area (Å²) in [6.45, 7) is 9.10. The van der Waals surface area contributed by atoms with Gasteiger partial charge in [-0.25, -0.2) is 10.4 Å². The van der Waals surface area contributed by atoms with Crippen molar-refractivity contribution in [2.75, 3.05) is 26.4 Å². The maximum Gasteiger partial charge on any atom is 0.271 e. The third kappa shape index (κ3) is 12.9. The van der Waals surface area contributed by atoms with E-state index >= 15 is 0 Å². The molecular weight excluding hydrogens is 969 g/mol. The predicted molar refractivity (Wildman–Crippen MR) is 281 cm³/mol. The second-order valence-corrected chi connectivity index (χ2v) is 20.6. The molecular formula is C55H56N6O10S2. The van der Waals surface area contributed by atoms with Gasteiger partial charge in [0, 0.05) is 28.6 Å². The number of aromatic nitrogens is 1. The van der Waals surface area contributed by atoms with Gasteiger partial charge in [0.2, 0.25) is 17.7 Å². The Balaban J connectivity index is 0.764. The third-order valence-electron chi connectivity index (χ3n) is 12.1. The van der Waals surface area contributed by atoms with E-state index in [1.165, 1.54) is 22.5 Å². The fourth-order valence-electron chi connectivity index (χ4n) is 8.24. The highest BCUT2D eigenvalue weighted by Gasteiger charge is 2.44. The van der Waals surface area contributed by atoms with E-state index in [-0.39, 0.29) is 50.3 Å². The van der Waals surface area contributed by atoms with Gasteiger partial charge in [0.25, 0.3) is 5.91 Å². The van der Waals surface area contributed by atoms with Gasteiger partial charge in [-0.2, -0.15) is 5.10 Å². The molecule has 0 spiro atoms. The number of benzene rings is 5. The van der Waals surface area contributed by atoms with E-state index in [1.54, 1.807) is 108 Å². The van der Waals surface area contributed by atoms with Gasteiger partial charge in [-0.05, 0) is 133 Å². The van der Waals surface area contributed by atoms with Crippen molar-refractivity contribution in [3.05, 3.63) is 143 Å². The number of ether oxygens (including phenoxy) is 3. The molecule has 73 heavy (non-hydrogen) atoms. The minimum absolute atomic E-state index is 0.0437. The maximum absolute atomic E-state index is 14.1. The molecule has 2 aromatic heterocycles. The van der Waals surface area contributed by atoms with Crippen LogP contribution < -0.4 is 25.5 Å². The summed E-state index contributed by atoms with van der Waals surface area (Å²) in [6, 6.07) is 31.0. The minimum Gasteiger partial charge on any atom is -0.508 e. The molecule has 16 nitrogen and oxygen atoms in total. The number of hydrogen-bond acceptors (Lipinski definition) is 14. The molecule has 0 bridgehead atoms. The summed E-state index contributed by atoms with van der Waals surface area (Å²) in [6.07, 6.45) is 0.663. The van der Waals surface area contributed by atoms with E-state index in [1.807, 2.05) is 58.9 Å². The molecule has 1 aliphatic rings. The normalized spacial score (nSPS) is 15.5. The zero-order valence-corrected chi connectivity index (χ0v) is 42.5. The van der Waals surface area contributed by atoms with Crippen LogP contribution in [0.5, 0.6) is 28.7 Å². The summed E-state index contributed by atoms with van der Waals surface area (Å²) in [5.41, 5.74) is 8.37. The molecule has 0 saturated carbocycles. The summed E-state index contributed by atoms with van der Waals surface area (Å²) >= 11 is 3.02. The van der Waals surface area contributed by atoms with Gasteiger partial charge in [-0.3, -0.25) is 19.2 Å². The van der Waals surface area contributed by atoms with Gasteiger partial charge in [0.1, 0.15) is 48.3 Å². The molecule has 1 aliphatic heterocycles. The zero-order chi connectivity index (χ0) is 51.8. The average Bonchev–Trinajstić information content (AvgIpc) is 4.09. The summed E-state index contributed by atoms with van der Waals surface area (Å²) in [4.78, 5) is 61.4. The Kier molecular flexibility index (Phi) is 16.2. The Morgan fingerprint density at radius 1 is 0.849 bits per heavy atom. The van der Waals surface area contributed by atoms with Crippen LogP contribution in [0.4, 0.5) is 0 Å². The topological polar surface area (TPSA) is 221 Å². The fourth-order valence-corrected chi connectivity index (χ4v) is 10.2. The smallest absolute Gasteiger partial charge is 0.271 e. The molecule has 7 aromatic rings. The first-order valence-corrected chi connectivity index (χ1v) is 25.3. The second kappa shape index (κ2) is 22.8. The number of rotatable bonds is 18. The van der Waals surface area contributed by atoms with Gasteiger partial charge >= 0.3 is 0 Å². The number of amides is 4. The van der Waals surface area contributed by atoms with Crippen molar-refractivity contribution in [3.63, 3.8) is 0 Å². The van der Waals surface area contributed by atoms with Crippen LogP contribution in [0.2, 0.25) is 0 Å². The first kappa shape index (κ1) is 51.7. The number of hydrazone groups is 1. The lowest BCUT2D eigenvalue weighted by atomic mass is 9.85. The molecule has 378 valence electrons. The molecule has 5 aromatic carbocycles. The summed E-state index contributed by atoms with van der Waals surface area (Å²) < 4.78 is 18.5. The number of hydrogen-bond donors (Lipinski definition) is 6. The molecule has 1 fully saturated rings. The average molecular weight is 1030 g/mol. The van der Waals surface area contributed by atoms with E-state index in [9.17, 15) is 34.5 Å².